The first-order chi connectivity index (χ1) is 11.1. The van der Waals surface area contributed by atoms with Crippen LogP contribution in [0.15, 0.2) is 26.4 Å². The molecule has 0 bridgehead atoms. The van der Waals surface area contributed by atoms with Gasteiger partial charge in [0.1, 0.15) is 5.82 Å². The molecule has 0 saturated heterocycles. The molecule has 0 aliphatic heterocycles. The fourth-order valence-corrected chi connectivity index (χ4v) is 3.26. The average molecular weight is 330 g/mol. The highest BCUT2D eigenvalue weighted by atomic mass is 32.1. The molecule has 0 saturated carbocycles. The number of nitrogens with zero attached hydrogens (tertiary/aromatic N) is 4. The quantitative estimate of drug-likeness (QED) is 0.736. The molecule has 0 unspecified atom stereocenters. The van der Waals surface area contributed by atoms with Gasteiger partial charge in [0.15, 0.2) is 11.2 Å². The number of rotatable bonds is 4. The van der Waals surface area contributed by atoms with Crippen molar-refractivity contribution in [2.24, 2.45) is 7.05 Å². The summed E-state index contributed by atoms with van der Waals surface area (Å²) < 4.78 is 4.54. The van der Waals surface area contributed by atoms with Crippen LogP contribution in [0, 0.1) is 0 Å². The number of hydrogen-bond acceptors (Lipinski definition) is 4. The van der Waals surface area contributed by atoms with Crippen molar-refractivity contribution >= 4 is 34.7 Å². The topological polar surface area (TPSA) is 61.8 Å². The van der Waals surface area contributed by atoms with E-state index in [1.165, 1.54) is 4.57 Å². The Morgan fingerprint density at radius 2 is 1.91 bits per heavy atom. The number of thiophene rings is 1. The highest BCUT2D eigenvalue weighted by Crippen LogP contribution is 2.14. The molecule has 3 heterocycles. The van der Waals surface area contributed by atoms with Gasteiger partial charge in [0.2, 0.25) is 0 Å². The molecule has 23 heavy (non-hydrogen) atoms. The number of fused-ring (bicyclic) bond motifs is 1. The Balaban J connectivity index is 2.28. The first-order valence-electron chi connectivity index (χ1n) is 7.48. The van der Waals surface area contributed by atoms with Gasteiger partial charge in [-0.1, -0.05) is 6.08 Å². The Hall–Kier alpha value is -2.41. The molecule has 0 spiro atoms. The van der Waals surface area contributed by atoms with Gasteiger partial charge in [-0.3, -0.25) is 13.9 Å². The molecule has 3 aromatic rings. The number of imidazole rings is 1. The Kier molecular flexibility index (Phi) is 4.04. The molecule has 3 aromatic heterocycles. The second-order valence-corrected chi connectivity index (χ2v) is 5.95. The summed E-state index contributed by atoms with van der Waals surface area (Å²) >= 11 is 1.62. The molecular formula is C16H18N4O2S. The molecule has 0 amide bonds. The molecule has 6 nitrogen and oxygen atoms in total. The van der Waals surface area contributed by atoms with Crippen LogP contribution >= 0.6 is 11.3 Å². The lowest BCUT2D eigenvalue weighted by Crippen LogP contribution is -2.39. The van der Waals surface area contributed by atoms with Gasteiger partial charge in [0.25, 0.3) is 5.56 Å². The maximum atomic E-state index is 12.6. The van der Waals surface area contributed by atoms with Gasteiger partial charge in [-0.15, -0.1) is 0 Å². The second-order valence-electron chi connectivity index (χ2n) is 5.17. The Labute approximate surface area is 136 Å². The Morgan fingerprint density at radius 3 is 2.52 bits per heavy atom. The molecule has 7 heteroatoms. The SMILES string of the molecule is CCn1c(=O)c2c(nc(/C=C/c3ccsc3)n2C)n(CC)c1=O. The lowest BCUT2D eigenvalue weighted by atomic mass is 10.3. The van der Waals surface area contributed by atoms with E-state index in [1.807, 2.05) is 35.9 Å². The smallest absolute Gasteiger partial charge is 0.322 e. The summed E-state index contributed by atoms with van der Waals surface area (Å²) in [6.45, 7) is 4.49. The zero-order valence-corrected chi connectivity index (χ0v) is 14.1. The van der Waals surface area contributed by atoms with Gasteiger partial charge in [-0.05, 0) is 42.3 Å². The van der Waals surface area contributed by atoms with Gasteiger partial charge in [0.05, 0.1) is 0 Å². The highest BCUT2D eigenvalue weighted by molar-refractivity contribution is 7.08. The van der Waals surface area contributed by atoms with Crippen molar-refractivity contribution in [1.29, 1.82) is 0 Å². The summed E-state index contributed by atoms with van der Waals surface area (Å²) in [6.07, 6.45) is 3.81. The van der Waals surface area contributed by atoms with Crippen molar-refractivity contribution in [3.8, 4) is 0 Å². The third-order valence-corrected chi connectivity index (χ3v) is 4.58. The molecule has 3 rings (SSSR count). The zero-order valence-electron chi connectivity index (χ0n) is 13.3. The van der Waals surface area contributed by atoms with Crippen molar-refractivity contribution in [3.05, 3.63) is 49.1 Å². The fourth-order valence-electron chi connectivity index (χ4n) is 2.63. The van der Waals surface area contributed by atoms with Gasteiger partial charge in [-0.25, -0.2) is 9.78 Å². The van der Waals surface area contributed by atoms with Crippen molar-refractivity contribution < 1.29 is 0 Å². The summed E-state index contributed by atoms with van der Waals surface area (Å²) in [7, 11) is 1.80. The highest BCUT2D eigenvalue weighted by Gasteiger charge is 2.17. The fraction of sp³-hybridized carbons (Fsp3) is 0.312. The normalized spacial score (nSPS) is 11.8. The minimum atomic E-state index is -0.307. The predicted octanol–water partition coefficient (Wildman–Crippen LogP) is 2.17. The van der Waals surface area contributed by atoms with Gasteiger partial charge >= 0.3 is 5.69 Å². The minimum Gasteiger partial charge on any atom is -0.322 e. The van der Waals surface area contributed by atoms with Gasteiger partial charge in [-0.2, -0.15) is 11.3 Å². The number of hydrogen-bond donors (Lipinski definition) is 0. The Morgan fingerprint density at radius 1 is 1.17 bits per heavy atom. The molecule has 0 fully saturated rings. The van der Waals surface area contributed by atoms with E-state index in [-0.39, 0.29) is 11.2 Å². The molecule has 0 N–H and O–H groups in total. The maximum Gasteiger partial charge on any atom is 0.332 e. The molecular weight excluding hydrogens is 312 g/mol. The van der Waals surface area contributed by atoms with E-state index in [4.69, 9.17) is 0 Å². The van der Waals surface area contributed by atoms with Crippen LogP contribution in [-0.2, 0) is 20.1 Å². The van der Waals surface area contributed by atoms with E-state index in [0.29, 0.717) is 30.1 Å². The Bertz CT molecular complexity index is 990. The van der Waals surface area contributed by atoms with Crippen LogP contribution in [0.3, 0.4) is 0 Å². The molecule has 0 radical (unpaired) electrons. The van der Waals surface area contributed by atoms with Crippen LogP contribution in [0.25, 0.3) is 23.3 Å². The predicted molar refractivity (Wildman–Crippen MR) is 93.8 cm³/mol. The maximum absolute atomic E-state index is 12.6. The van der Waals surface area contributed by atoms with E-state index in [2.05, 4.69) is 4.98 Å². The van der Waals surface area contributed by atoms with Gasteiger partial charge in [0, 0.05) is 20.1 Å². The molecule has 0 aliphatic carbocycles. The van der Waals surface area contributed by atoms with Crippen molar-refractivity contribution in [2.45, 2.75) is 26.9 Å². The summed E-state index contributed by atoms with van der Waals surface area (Å²) in [6, 6.07) is 2.01. The second kappa shape index (κ2) is 6.00. The van der Waals surface area contributed by atoms with E-state index < -0.39 is 0 Å². The zero-order chi connectivity index (χ0) is 16.6. The minimum absolute atomic E-state index is 0.289. The average Bonchev–Trinajstić information content (AvgIpc) is 3.14. The lowest BCUT2D eigenvalue weighted by molar-refractivity contribution is 0.604. The summed E-state index contributed by atoms with van der Waals surface area (Å²) in [5, 5.41) is 4.04. The number of aromatic nitrogens is 4. The van der Waals surface area contributed by atoms with E-state index in [0.717, 1.165) is 5.56 Å². The van der Waals surface area contributed by atoms with E-state index in [1.54, 1.807) is 34.4 Å². The van der Waals surface area contributed by atoms with Gasteiger partial charge < -0.3 is 4.57 Å². The summed E-state index contributed by atoms with van der Waals surface area (Å²) in [5.74, 6) is 0.652. The van der Waals surface area contributed by atoms with Crippen LogP contribution < -0.4 is 11.2 Å². The summed E-state index contributed by atoms with van der Waals surface area (Å²) in [4.78, 5) is 29.5. The monoisotopic (exact) mass is 330 g/mol. The van der Waals surface area contributed by atoms with Crippen LogP contribution in [0.2, 0.25) is 0 Å². The molecule has 0 atom stereocenters. The van der Waals surface area contributed by atoms with Crippen molar-refractivity contribution in [1.82, 2.24) is 18.7 Å². The first kappa shape index (κ1) is 15.5. The number of aryl methyl sites for hydroxylation is 2. The summed E-state index contributed by atoms with van der Waals surface area (Å²) in [5.41, 5.74) is 1.39. The molecule has 120 valence electrons. The van der Waals surface area contributed by atoms with Crippen molar-refractivity contribution in [3.63, 3.8) is 0 Å². The van der Waals surface area contributed by atoms with Crippen LogP contribution in [0.4, 0.5) is 0 Å². The third-order valence-electron chi connectivity index (χ3n) is 3.88. The van der Waals surface area contributed by atoms with Crippen LogP contribution in [-0.4, -0.2) is 18.7 Å². The van der Waals surface area contributed by atoms with Crippen LogP contribution in [0.1, 0.15) is 25.2 Å². The lowest BCUT2D eigenvalue weighted by Gasteiger charge is -2.08. The largest absolute Gasteiger partial charge is 0.332 e. The van der Waals surface area contributed by atoms with E-state index in [9.17, 15) is 9.59 Å². The molecule has 0 aromatic carbocycles. The standard InChI is InChI=1S/C16H18N4O2S/c1-4-19-14-13(15(21)20(5-2)16(19)22)18(3)12(17-14)7-6-11-8-9-23-10-11/h6-10H,4-5H2,1-3H3/b7-6+. The molecule has 0 aliphatic rings. The van der Waals surface area contributed by atoms with E-state index >= 15 is 0 Å². The van der Waals surface area contributed by atoms with Crippen LogP contribution in [0.5, 0.6) is 0 Å². The first-order valence-corrected chi connectivity index (χ1v) is 8.43. The van der Waals surface area contributed by atoms with Crippen molar-refractivity contribution in [2.75, 3.05) is 0 Å². The third kappa shape index (κ3) is 2.46.